The third kappa shape index (κ3) is 2.88. The van der Waals surface area contributed by atoms with Gasteiger partial charge >= 0.3 is 0 Å². The minimum absolute atomic E-state index is 0.136. The Kier molecular flexibility index (Phi) is 3.86. The number of imidazole rings is 1. The fraction of sp³-hybridized carbons (Fsp3) is 0.318. The van der Waals surface area contributed by atoms with Crippen LogP contribution in [0.1, 0.15) is 12.1 Å². The van der Waals surface area contributed by atoms with Crippen LogP contribution in [0.15, 0.2) is 55.1 Å². The Bertz CT molecular complexity index is 1190. The van der Waals surface area contributed by atoms with Crippen molar-refractivity contribution in [2.24, 2.45) is 23.7 Å². The summed E-state index contributed by atoms with van der Waals surface area (Å²) in [4.78, 5) is 43.6. The van der Waals surface area contributed by atoms with Crippen LogP contribution in [-0.2, 0) is 20.9 Å². The Balaban J connectivity index is 1.10. The molecule has 3 aromatic heterocycles. The first kappa shape index (κ1) is 18.1. The molecule has 1 N–H and O–H groups in total. The lowest BCUT2D eigenvalue weighted by molar-refractivity contribution is -0.143. The van der Waals surface area contributed by atoms with Crippen LogP contribution < -0.4 is 5.32 Å². The van der Waals surface area contributed by atoms with Crippen LogP contribution in [0.4, 0.5) is 5.69 Å². The minimum Gasteiger partial charge on any atom is -0.322 e. The van der Waals surface area contributed by atoms with E-state index in [1.165, 1.54) is 0 Å². The zero-order valence-electron chi connectivity index (χ0n) is 16.6. The normalized spacial score (nSPS) is 26.3. The zero-order valence-corrected chi connectivity index (χ0v) is 16.6. The third-order valence-corrected chi connectivity index (χ3v) is 6.52. The smallest absolute Gasteiger partial charge is 0.244 e. The van der Waals surface area contributed by atoms with Gasteiger partial charge in [0, 0.05) is 18.6 Å². The lowest BCUT2D eigenvalue weighted by Crippen LogP contribution is -2.39. The van der Waals surface area contributed by atoms with Gasteiger partial charge in [0.1, 0.15) is 12.2 Å². The number of rotatable bonds is 5. The van der Waals surface area contributed by atoms with Gasteiger partial charge in [0.05, 0.1) is 36.0 Å². The van der Waals surface area contributed by atoms with Crippen molar-refractivity contribution < 1.29 is 14.4 Å². The predicted molar refractivity (Wildman–Crippen MR) is 110 cm³/mol. The van der Waals surface area contributed by atoms with Crippen molar-refractivity contribution in [1.82, 2.24) is 24.1 Å². The summed E-state index contributed by atoms with van der Waals surface area (Å²) in [5.41, 5.74) is 2.21. The second-order valence-electron chi connectivity index (χ2n) is 8.44. The van der Waals surface area contributed by atoms with E-state index >= 15 is 0 Å². The van der Waals surface area contributed by atoms with Gasteiger partial charge in [-0.2, -0.15) is 5.10 Å². The highest BCUT2D eigenvalue weighted by molar-refractivity contribution is 6.09. The van der Waals surface area contributed by atoms with Crippen molar-refractivity contribution >= 4 is 29.1 Å². The largest absolute Gasteiger partial charge is 0.322 e. The molecule has 4 unspecified atom stereocenters. The molecular formula is C22H20N6O3. The number of nitrogens with one attached hydrogen (secondary N) is 1. The van der Waals surface area contributed by atoms with E-state index in [9.17, 15) is 14.4 Å². The highest BCUT2D eigenvalue weighted by Gasteiger charge is 2.59. The molecule has 0 radical (unpaired) electrons. The minimum atomic E-state index is -0.408. The van der Waals surface area contributed by atoms with E-state index in [1.54, 1.807) is 17.1 Å². The second kappa shape index (κ2) is 6.63. The van der Waals surface area contributed by atoms with E-state index in [2.05, 4.69) is 15.4 Å². The quantitative estimate of drug-likeness (QED) is 0.499. The number of carbonyl (C=O) groups excluding carboxylic acids is 3. The number of fused-ring (bicyclic) bond motifs is 6. The van der Waals surface area contributed by atoms with Gasteiger partial charge in [-0.25, -0.2) is 4.98 Å². The van der Waals surface area contributed by atoms with Gasteiger partial charge in [-0.1, -0.05) is 18.2 Å². The van der Waals surface area contributed by atoms with Crippen molar-refractivity contribution in [3.8, 4) is 0 Å². The summed E-state index contributed by atoms with van der Waals surface area (Å²) in [7, 11) is 0. The molecule has 0 aromatic carbocycles. The summed E-state index contributed by atoms with van der Waals surface area (Å²) in [5, 5.41) is 7.00. The number of allylic oxidation sites excluding steroid dienone is 2. The molecule has 2 fully saturated rings. The number of nitrogens with zero attached hydrogens (tertiary/aromatic N) is 5. The summed E-state index contributed by atoms with van der Waals surface area (Å²) >= 11 is 0. The van der Waals surface area contributed by atoms with Gasteiger partial charge < -0.3 is 9.72 Å². The van der Waals surface area contributed by atoms with Crippen LogP contribution in [0.3, 0.4) is 0 Å². The molecule has 9 nitrogen and oxygen atoms in total. The Morgan fingerprint density at radius 3 is 2.61 bits per heavy atom. The van der Waals surface area contributed by atoms with Crippen LogP contribution in [0.5, 0.6) is 0 Å². The number of amides is 3. The molecule has 156 valence electrons. The van der Waals surface area contributed by atoms with Gasteiger partial charge in [-0.05, 0) is 30.4 Å². The summed E-state index contributed by atoms with van der Waals surface area (Å²) in [6, 6.07) is 5.79. The number of hydrogen-bond donors (Lipinski definition) is 1. The van der Waals surface area contributed by atoms with Crippen LogP contribution >= 0.6 is 0 Å². The van der Waals surface area contributed by atoms with Crippen LogP contribution in [0, 0.1) is 23.7 Å². The molecule has 2 aliphatic carbocycles. The number of hydrogen-bond acceptors (Lipinski definition) is 5. The van der Waals surface area contributed by atoms with Gasteiger partial charge in [0.2, 0.25) is 17.7 Å². The molecule has 1 aliphatic heterocycles. The number of imide groups is 1. The molecule has 4 heterocycles. The topological polar surface area (TPSA) is 102 Å². The van der Waals surface area contributed by atoms with Crippen molar-refractivity contribution in [3.05, 3.63) is 60.8 Å². The molecule has 9 heteroatoms. The number of aromatic nitrogens is 4. The third-order valence-electron chi connectivity index (χ3n) is 6.52. The van der Waals surface area contributed by atoms with E-state index in [1.807, 2.05) is 47.1 Å². The van der Waals surface area contributed by atoms with Gasteiger partial charge in [0.15, 0.2) is 0 Å². The van der Waals surface area contributed by atoms with E-state index in [0.717, 1.165) is 22.7 Å². The number of pyridine rings is 1. The summed E-state index contributed by atoms with van der Waals surface area (Å²) in [6.07, 6.45) is 12.1. The number of likely N-dealkylation sites (tertiary alicyclic amines) is 1. The molecule has 31 heavy (non-hydrogen) atoms. The molecule has 3 amide bonds. The van der Waals surface area contributed by atoms with Gasteiger partial charge in [0.25, 0.3) is 0 Å². The number of anilines is 1. The molecule has 3 aromatic rings. The maximum atomic E-state index is 12.7. The summed E-state index contributed by atoms with van der Waals surface area (Å²) < 4.78 is 3.61. The molecule has 0 spiro atoms. The Morgan fingerprint density at radius 1 is 1.10 bits per heavy atom. The Hall–Kier alpha value is -3.75. The lowest BCUT2D eigenvalue weighted by atomic mass is 9.85. The van der Waals surface area contributed by atoms with Crippen molar-refractivity contribution in [1.29, 1.82) is 0 Å². The molecule has 6 rings (SSSR count). The summed E-state index contributed by atoms with van der Waals surface area (Å²) in [6.45, 7) is 0.196. The van der Waals surface area contributed by atoms with Crippen LogP contribution in [0.25, 0.3) is 5.65 Å². The van der Waals surface area contributed by atoms with E-state index in [-0.39, 0.29) is 42.0 Å². The average Bonchev–Trinajstić information content (AvgIpc) is 3.55. The lowest BCUT2D eigenvalue weighted by Gasteiger charge is -2.16. The van der Waals surface area contributed by atoms with E-state index in [4.69, 9.17) is 0 Å². The molecular weight excluding hydrogens is 396 g/mol. The Labute approximate surface area is 177 Å². The van der Waals surface area contributed by atoms with Crippen molar-refractivity contribution in [2.75, 3.05) is 11.9 Å². The molecule has 3 aliphatic rings. The van der Waals surface area contributed by atoms with E-state index in [0.29, 0.717) is 12.2 Å². The fourth-order valence-electron chi connectivity index (χ4n) is 5.21. The first-order valence-corrected chi connectivity index (χ1v) is 10.4. The monoisotopic (exact) mass is 416 g/mol. The zero-order chi connectivity index (χ0) is 21.1. The van der Waals surface area contributed by atoms with Crippen molar-refractivity contribution in [3.63, 3.8) is 0 Å². The average molecular weight is 416 g/mol. The summed E-state index contributed by atoms with van der Waals surface area (Å²) in [5.74, 6) is -1.15. The van der Waals surface area contributed by atoms with Crippen LogP contribution in [-0.4, -0.2) is 48.3 Å². The first-order chi connectivity index (χ1) is 15.1. The molecule has 2 bridgehead atoms. The maximum absolute atomic E-state index is 12.7. The number of carbonyl (C=O) groups is 3. The van der Waals surface area contributed by atoms with Crippen molar-refractivity contribution in [2.45, 2.75) is 13.0 Å². The van der Waals surface area contributed by atoms with E-state index < -0.39 is 5.91 Å². The molecule has 1 saturated carbocycles. The predicted octanol–water partition coefficient (Wildman–Crippen LogP) is 1.32. The van der Waals surface area contributed by atoms with Crippen LogP contribution in [0.2, 0.25) is 0 Å². The second-order valence-corrected chi connectivity index (χ2v) is 8.44. The highest BCUT2D eigenvalue weighted by atomic mass is 16.2. The molecule has 4 atom stereocenters. The SMILES string of the molecule is O=C(CN1C(=O)C2C3C=CC(C3)C2C1=O)Nc1cnn(Cc2cn3ccccc3n2)c1. The standard InChI is InChI=1S/C22H20N6O3/c29-18(12-28-21(30)19-13-4-5-14(7-13)20(19)22(28)31)25-15-8-23-27(10-15)11-16-9-26-6-2-1-3-17(26)24-16/h1-6,8-10,13-14,19-20H,7,11-12H2,(H,25,29). The molecule has 1 saturated heterocycles. The van der Waals surface area contributed by atoms with Gasteiger partial charge in [-0.15, -0.1) is 0 Å². The highest BCUT2D eigenvalue weighted by Crippen LogP contribution is 2.52. The van der Waals surface area contributed by atoms with Gasteiger partial charge in [-0.3, -0.25) is 24.0 Å². The Morgan fingerprint density at radius 2 is 1.87 bits per heavy atom. The maximum Gasteiger partial charge on any atom is 0.244 e. The fourth-order valence-corrected chi connectivity index (χ4v) is 5.21. The first-order valence-electron chi connectivity index (χ1n) is 10.4.